The Hall–Kier alpha value is -1.31. The van der Waals surface area contributed by atoms with Crippen molar-refractivity contribution in [3.8, 4) is 0 Å². The van der Waals surface area contributed by atoms with Crippen LogP contribution in [0.3, 0.4) is 0 Å². The van der Waals surface area contributed by atoms with Crippen LogP contribution in [0.2, 0.25) is 0 Å². The van der Waals surface area contributed by atoms with Crippen LogP contribution in [0.4, 0.5) is 0 Å². The van der Waals surface area contributed by atoms with Gasteiger partial charge in [-0.25, -0.2) is 0 Å². The maximum Gasteiger partial charge on any atom is 0.0569 e. The summed E-state index contributed by atoms with van der Waals surface area (Å²) in [5.41, 5.74) is 6.50. The third-order valence-electron chi connectivity index (χ3n) is 4.82. The molecule has 0 aromatic rings. The lowest BCUT2D eigenvalue weighted by atomic mass is 9.82. The molecule has 5 bridgehead atoms. The highest BCUT2D eigenvalue weighted by Gasteiger charge is 2.39. The minimum absolute atomic E-state index is 0.599. The van der Waals surface area contributed by atoms with E-state index in [1.807, 2.05) is 0 Å². The molecule has 4 aliphatic rings. The summed E-state index contributed by atoms with van der Waals surface area (Å²) in [6.07, 6.45) is 11.8. The van der Waals surface area contributed by atoms with E-state index >= 15 is 0 Å². The van der Waals surface area contributed by atoms with Gasteiger partial charge in [0, 0.05) is 30.9 Å². The van der Waals surface area contributed by atoms with Crippen molar-refractivity contribution in [1.29, 1.82) is 0 Å². The molecule has 2 heteroatoms. The van der Waals surface area contributed by atoms with Crippen molar-refractivity contribution < 1.29 is 0 Å². The van der Waals surface area contributed by atoms with Gasteiger partial charge in [-0.3, -0.25) is 4.99 Å². The number of rotatable bonds is 0. The summed E-state index contributed by atoms with van der Waals surface area (Å²) in [7, 11) is 2.28. The van der Waals surface area contributed by atoms with E-state index in [4.69, 9.17) is 0 Å². The highest BCUT2D eigenvalue weighted by atomic mass is 15.2. The van der Waals surface area contributed by atoms with Crippen LogP contribution >= 0.6 is 0 Å². The van der Waals surface area contributed by atoms with Crippen LogP contribution in [-0.4, -0.2) is 30.7 Å². The van der Waals surface area contributed by atoms with E-state index in [1.165, 1.54) is 25.7 Å². The highest BCUT2D eigenvalue weighted by molar-refractivity contribution is 5.70. The summed E-state index contributed by atoms with van der Waals surface area (Å²) in [5, 5.41) is 0. The lowest BCUT2D eigenvalue weighted by Crippen LogP contribution is -2.31. The molecule has 0 aromatic carbocycles. The van der Waals surface area contributed by atoms with Crippen LogP contribution in [0.15, 0.2) is 39.6 Å². The first-order valence-corrected chi connectivity index (χ1v) is 6.69. The Kier molecular flexibility index (Phi) is 1.91. The average molecular weight is 226 g/mol. The van der Waals surface area contributed by atoms with Crippen LogP contribution in [0.5, 0.6) is 0 Å². The van der Waals surface area contributed by atoms with E-state index in [1.54, 1.807) is 22.4 Å². The maximum absolute atomic E-state index is 4.54. The van der Waals surface area contributed by atoms with Crippen molar-refractivity contribution in [1.82, 2.24) is 4.90 Å². The van der Waals surface area contributed by atoms with Gasteiger partial charge >= 0.3 is 0 Å². The number of allylic oxidation sites excluding steroid dienone is 4. The zero-order valence-corrected chi connectivity index (χ0v) is 10.3. The fourth-order valence-electron chi connectivity index (χ4n) is 3.94. The summed E-state index contributed by atoms with van der Waals surface area (Å²) < 4.78 is 0. The number of aliphatic imine (C=N–C) groups is 1. The van der Waals surface area contributed by atoms with Gasteiger partial charge in [0.2, 0.25) is 0 Å². The van der Waals surface area contributed by atoms with Gasteiger partial charge in [-0.2, -0.15) is 0 Å². The molecule has 2 atom stereocenters. The van der Waals surface area contributed by atoms with Crippen molar-refractivity contribution in [2.45, 2.75) is 31.7 Å². The normalized spacial score (nSPS) is 38.1. The monoisotopic (exact) mass is 226 g/mol. The van der Waals surface area contributed by atoms with Gasteiger partial charge < -0.3 is 4.90 Å². The summed E-state index contributed by atoms with van der Waals surface area (Å²) in [5.74, 6) is 0.599. The first kappa shape index (κ1) is 9.69. The van der Waals surface area contributed by atoms with E-state index in [9.17, 15) is 0 Å². The molecule has 2 unspecified atom stereocenters. The molecule has 2 aliphatic heterocycles. The zero-order chi connectivity index (χ0) is 11.4. The Bertz CT molecular complexity index is 493. The summed E-state index contributed by atoms with van der Waals surface area (Å²) >= 11 is 0. The number of hydrogen-bond donors (Lipinski definition) is 0. The fourth-order valence-corrected chi connectivity index (χ4v) is 3.94. The van der Waals surface area contributed by atoms with Gasteiger partial charge in [0.05, 0.1) is 6.54 Å². The largest absolute Gasteiger partial charge is 0.374 e. The van der Waals surface area contributed by atoms with Crippen molar-refractivity contribution in [2.75, 3.05) is 13.6 Å². The molecule has 0 amide bonds. The van der Waals surface area contributed by atoms with Gasteiger partial charge in [0.15, 0.2) is 0 Å². The van der Waals surface area contributed by atoms with Gasteiger partial charge in [0.1, 0.15) is 0 Å². The molecule has 0 saturated carbocycles. The molecule has 0 saturated heterocycles. The summed E-state index contributed by atoms with van der Waals surface area (Å²) in [4.78, 5) is 7.08. The lowest BCUT2D eigenvalue weighted by Gasteiger charge is -2.34. The third kappa shape index (κ3) is 1.24. The van der Waals surface area contributed by atoms with Gasteiger partial charge in [-0.05, 0) is 36.8 Å². The second-order valence-corrected chi connectivity index (χ2v) is 5.59. The summed E-state index contributed by atoms with van der Waals surface area (Å²) in [6.45, 7) is 0.858. The van der Waals surface area contributed by atoms with E-state index in [0.717, 1.165) is 12.6 Å². The molecule has 2 nitrogen and oxygen atoms in total. The Morgan fingerprint density at radius 3 is 3.24 bits per heavy atom. The number of hydrogen-bond acceptors (Lipinski definition) is 2. The molecule has 0 aromatic heterocycles. The fraction of sp³-hybridized carbons (Fsp3) is 0.533. The minimum Gasteiger partial charge on any atom is -0.374 e. The Labute approximate surface area is 102 Å². The van der Waals surface area contributed by atoms with Crippen molar-refractivity contribution in [2.24, 2.45) is 10.9 Å². The van der Waals surface area contributed by atoms with Crippen LogP contribution in [0, 0.1) is 5.92 Å². The predicted octanol–water partition coefficient (Wildman–Crippen LogP) is 2.70. The SMILES string of the molecule is CN1C2=C3CC1CC1/C=N\C/C=C\C3=C1CC2. The smallest absolute Gasteiger partial charge is 0.0569 e. The number of fused-ring (bicyclic) bond motifs is 1. The standard InChI is InChI=1S/C15H18N2/c1-17-11-7-10-9-16-6-2-3-13-12(10)4-5-15(17)14(13)8-11/h2-3,9-11H,4-8H2,1H3/b3-2-,16-9-. The Balaban J connectivity index is 1.96. The number of likely N-dealkylation sites (tertiary alicyclic amines) is 1. The molecule has 88 valence electrons. The van der Waals surface area contributed by atoms with Crippen LogP contribution in [0.1, 0.15) is 25.7 Å². The number of nitrogens with zero attached hydrogens (tertiary/aromatic N) is 2. The zero-order valence-electron chi connectivity index (χ0n) is 10.3. The van der Waals surface area contributed by atoms with Crippen molar-refractivity contribution in [3.63, 3.8) is 0 Å². The molecule has 2 aliphatic carbocycles. The molecule has 4 rings (SSSR count). The second-order valence-electron chi connectivity index (χ2n) is 5.59. The maximum atomic E-state index is 4.54. The van der Waals surface area contributed by atoms with E-state index in [-0.39, 0.29) is 0 Å². The van der Waals surface area contributed by atoms with E-state index in [0.29, 0.717) is 5.92 Å². The lowest BCUT2D eigenvalue weighted by molar-refractivity contribution is 0.288. The molecule has 0 spiro atoms. The van der Waals surface area contributed by atoms with Gasteiger partial charge in [-0.15, -0.1) is 0 Å². The van der Waals surface area contributed by atoms with E-state index < -0.39 is 0 Å². The molecule has 0 fully saturated rings. The van der Waals surface area contributed by atoms with Crippen LogP contribution < -0.4 is 0 Å². The Morgan fingerprint density at radius 2 is 2.29 bits per heavy atom. The highest BCUT2D eigenvalue weighted by Crippen LogP contribution is 2.48. The van der Waals surface area contributed by atoms with Gasteiger partial charge in [0.25, 0.3) is 0 Å². The third-order valence-corrected chi connectivity index (χ3v) is 4.82. The quantitative estimate of drug-likeness (QED) is 0.620. The van der Waals surface area contributed by atoms with Crippen molar-refractivity contribution in [3.05, 3.63) is 34.6 Å². The Morgan fingerprint density at radius 1 is 1.35 bits per heavy atom. The molecular formula is C15H18N2. The molecule has 0 radical (unpaired) electrons. The molecule has 2 heterocycles. The molecular weight excluding hydrogens is 208 g/mol. The first-order chi connectivity index (χ1) is 8.34. The topological polar surface area (TPSA) is 15.6 Å². The van der Waals surface area contributed by atoms with Crippen LogP contribution in [-0.2, 0) is 0 Å². The minimum atomic E-state index is 0.599. The molecule has 0 N–H and O–H groups in total. The first-order valence-electron chi connectivity index (χ1n) is 6.69. The van der Waals surface area contributed by atoms with Crippen molar-refractivity contribution >= 4 is 6.21 Å². The molecule has 17 heavy (non-hydrogen) atoms. The predicted molar refractivity (Wildman–Crippen MR) is 70.1 cm³/mol. The van der Waals surface area contributed by atoms with Gasteiger partial charge in [-0.1, -0.05) is 17.7 Å². The second kappa shape index (κ2) is 3.34. The average Bonchev–Trinajstić information content (AvgIpc) is 2.55. The van der Waals surface area contributed by atoms with Crippen LogP contribution in [0.25, 0.3) is 0 Å². The summed E-state index contributed by atoms with van der Waals surface area (Å²) in [6, 6.07) is 0.718. The van der Waals surface area contributed by atoms with E-state index in [2.05, 4.69) is 35.3 Å².